The smallest absolute Gasteiger partial charge is 0.295 e. The Morgan fingerprint density at radius 3 is 2.31 bits per heavy atom. The molecule has 0 aliphatic carbocycles. The molecule has 1 fully saturated rings. The highest BCUT2D eigenvalue weighted by atomic mass is 16.5. The van der Waals surface area contributed by atoms with Crippen molar-refractivity contribution in [2.45, 2.75) is 32.7 Å². The van der Waals surface area contributed by atoms with Gasteiger partial charge in [-0.05, 0) is 54.8 Å². The first-order chi connectivity index (χ1) is 16.9. The van der Waals surface area contributed by atoms with Gasteiger partial charge >= 0.3 is 0 Å². The van der Waals surface area contributed by atoms with E-state index < -0.39 is 17.7 Å². The standard InChI is InChI=1S/C27H33NO7/c1-6-7-13-35-20-10-9-19(15-17(20)2)25(29)23-24(28(12-14-32-3)27(31)26(23)30)18-8-11-21(33-4)22(16-18)34-5/h8-11,15-16,24,29H,6-7,12-14H2,1-5H3/t24-/m1/s1. The average molecular weight is 484 g/mol. The van der Waals surface area contributed by atoms with Gasteiger partial charge in [-0.1, -0.05) is 19.4 Å². The Bertz CT molecular complexity index is 1110. The van der Waals surface area contributed by atoms with E-state index in [2.05, 4.69) is 6.92 Å². The minimum atomic E-state index is -0.814. The molecule has 3 rings (SSSR count). The van der Waals surface area contributed by atoms with E-state index in [1.807, 2.05) is 6.92 Å². The van der Waals surface area contributed by atoms with E-state index in [9.17, 15) is 14.7 Å². The number of ether oxygens (including phenoxy) is 4. The molecule has 2 aromatic rings. The van der Waals surface area contributed by atoms with Gasteiger partial charge in [-0.2, -0.15) is 0 Å². The Morgan fingerprint density at radius 1 is 0.971 bits per heavy atom. The fourth-order valence-electron chi connectivity index (χ4n) is 4.11. The minimum absolute atomic E-state index is 0.0115. The van der Waals surface area contributed by atoms with Crippen molar-refractivity contribution in [1.29, 1.82) is 0 Å². The molecule has 1 N–H and O–H groups in total. The summed E-state index contributed by atoms with van der Waals surface area (Å²) in [7, 11) is 4.56. The monoisotopic (exact) mass is 483 g/mol. The van der Waals surface area contributed by atoms with Crippen LogP contribution in [-0.4, -0.2) is 62.8 Å². The first-order valence-corrected chi connectivity index (χ1v) is 11.6. The molecule has 1 aliphatic heterocycles. The van der Waals surface area contributed by atoms with Gasteiger partial charge in [-0.15, -0.1) is 0 Å². The second-order valence-electron chi connectivity index (χ2n) is 8.28. The summed E-state index contributed by atoms with van der Waals surface area (Å²) < 4.78 is 21.7. The molecule has 1 amide bonds. The molecule has 0 saturated carbocycles. The molecule has 0 aromatic heterocycles. The van der Waals surface area contributed by atoms with Gasteiger partial charge in [0.1, 0.15) is 11.5 Å². The highest BCUT2D eigenvalue weighted by molar-refractivity contribution is 6.46. The van der Waals surface area contributed by atoms with Crippen LogP contribution in [0.25, 0.3) is 5.76 Å². The summed E-state index contributed by atoms with van der Waals surface area (Å²) >= 11 is 0. The van der Waals surface area contributed by atoms with E-state index in [-0.39, 0.29) is 24.5 Å². The van der Waals surface area contributed by atoms with E-state index in [0.29, 0.717) is 35.0 Å². The molecule has 1 saturated heterocycles. The minimum Gasteiger partial charge on any atom is -0.507 e. The summed E-state index contributed by atoms with van der Waals surface area (Å²) in [5, 5.41) is 11.3. The van der Waals surface area contributed by atoms with Crippen LogP contribution in [0.3, 0.4) is 0 Å². The lowest BCUT2D eigenvalue weighted by atomic mass is 9.94. The Hall–Kier alpha value is -3.52. The summed E-state index contributed by atoms with van der Waals surface area (Å²) in [6.07, 6.45) is 1.97. The summed E-state index contributed by atoms with van der Waals surface area (Å²) in [5.74, 6) is -0.0108. The second kappa shape index (κ2) is 11.8. The van der Waals surface area contributed by atoms with Crippen molar-refractivity contribution in [1.82, 2.24) is 4.90 Å². The fourth-order valence-corrected chi connectivity index (χ4v) is 4.11. The van der Waals surface area contributed by atoms with Crippen LogP contribution in [0, 0.1) is 6.92 Å². The summed E-state index contributed by atoms with van der Waals surface area (Å²) in [5.41, 5.74) is 1.87. The van der Waals surface area contributed by atoms with Crippen molar-refractivity contribution in [3.8, 4) is 17.2 Å². The third-order valence-corrected chi connectivity index (χ3v) is 6.00. The van der Waals surface area contributed by atoms with Gasteiger partial charge in [0.2, 0.25) is 0 Å². The predicted molar refractivity (Wildman–Crippen MR) is 132 cm³/mol. The number of unbranched alkanes of at least 4 members (excludes halogenated alkanes) is 1. The van der Waals surface area contributed by atoms with Crippen LogP contribution in [0.5, 0.6) is 17.2 Å². The number of amides is 1. The summed E-state index contributed by atoms with van der Waals surface area (Å²) in [6.45, 7) is 4.99. The second-order valence-corrected chi connectivity index (χ2v) is 8.28. The van der Waals surface area contributed by atoms with E-state index in [1.165, 1.54) is 26.2 Å². The molecule has 8 nitrogen and oxygen atoms in total. The van der Waals surface area contributed by atoms with Gasteiger partial charge in [0.25, 0.3) is 11.7 Å². The van der Waals surface area contributed by atoms with Gasteiger partial charge in [-0.3, -0.25) is 9.59 Å². The molecule has 1 aliphatic rings. The molecule has 8 heteroatoms. The Labute approximate surface area is 206 Å². The highest BCUT2D eigenvalue weighted by Gasteiger charge is 2.46. The third kappa shape index (κ3) is 5.43. The first-order valence-electron chi connectivity index (χ1n) is 11.6. The number of ketones is 1. The molecule has 35 heavy (non-hydrogen) atoms. The molecule has 1 heterocycles. The zero-order chi connectivity index (χ0) is 25.5. The number of aliphatic hydroxyl groups is 1. The van der Waals surface area contributed by atoms with E-state index in [0.717, 1.165) is 18.4 Å². The predicted octanol–water partition coefficient (Wildman–Crippen LogP) is 4.26. The number of carbonyl (C=O) groups excluding carboxylic acids is 2. The maximum Gasteiger partial charge on any atom is 0.295 e. The Balaban J connectivity index is 2.10. The fraction of sp³-hybridized carbons (Fsp3) is 0.407. The van der Waals surface area contributed by atoms with E-state index in [4.69, 9.17) is 18.9 Å². The van der Waals surface area contributed by atoms with Crippen molar-refractivity contribution in [3.05, 3.63) is 58.7 Å². The number of aliphatic hydroxyl groups excluding tert-OH is 1. The zero-order valence-corrected chi connectivity index (χ0v) is 20.9. The lowest BCUT2D eigenvalue weighted by molar-refractivity contribution is -0.140. The van der Waals surface area contributed by atoms with Gasteiger partial charge in [0, 0.05) is 19.2 Å². The van der Waals surface area contributed by atoms with Crippen LogP contribution in [0.4, 0.5) is 0 Å². The Morgan fingerprint density at radius 2 is 1.69 bits per heavy atom. The number of benzene rings is 2. The van der Waals surface area contributed by atoms with Crippen molar-refractivity contribution < 1.29 is 33.6 Å². The van der Waals surface area contributed by atoms with Gasteiger partial charge in [0.15, 0.2) is 11.5 Å². The normalized spacial score (nSPS) is 17.1. The van der Waals surface area contributed by atoms with Crippen LogP contribution in [0.1, 0.15) is 42.5 Å². The number of methoxy groups -OCH3 is 3. The van der Waals surface area contributed by atoms with Crippen molar-refractivity contribution >= 4 is 17.4 Å². The molecular weight excluding hydrogens is 450 g/mol. The number of Topliss-reactive ketones (excluding diaryl/α,β-unsaturated/α-hetero) is 1. The van der Waals surface area contributed by atoms with Crippen LogP contribution >= 0.6 is 0 Å². The molecule has 0 radical (unpaired) electrons. The average Bonchev–Trinajstić information content (AvgIpc) is 3.12. The Kier molecular flexibility index (Phi) is 8.76. The van der Waals surface area contributed by atoms with Crippen LogP contribution in [-0.2, 0) is 14.3 Å². The lowest BCUT2D eigenvalue weighted by Gasteiger charge is -2.25. The molecular formula is C27H33NO7. The SMILES string of the molecule is CCCCOc1ccc(C(O)=C2C(=O)C(=O)N(CCOC)[C@@H]2c2ccc(OC)c(OC)c2)cc1C. The van der Waals surface area contributed by atoms with E-state index in [1.54, 1.807) is 36.4 Å². The summed E-state index contributed by atoms with van der Waals surface area (Å²) in [6, 6.07) is 9.57. The van der Waals surface area contributed by atoms with E-state index >= 15 is 0 Å². The maximum absolute atomic E-state index is 13.2. The quantitative estimate of drug-likeness (QED) is 0.221. The molecule has 1 atom stereocenters. The molecule has 0 unspecified atom stereocenters. The first kappa shape index (κ1) is 26.1. The number of carbonyl (C=O) groups is 2. The summed E-state index contributed by atoms with van der Waals surface area (Å²) in [4.78, 5) is 27.5. The number of rotatable bonds is 11. The molecule has 0 spiro atoms. The van der Waals surface area contributed by atoms with Gasteiger partial charge < -0.3 is 29.0 Å². The number of likely N-dealkylation sites (tertiary alicyclic amines) is 1. The van der Waals surface area contributed by atoms with Crippen molar-refractivity contribution in [3.63, 3.8) is 0 Å². The van der Waals surface area contributed by atoms with Crippen LogP contribution in [0.2, 0.25) is 0 Å². The maximum atomic E-state index is 13.2. The van der Waals surface area contributed by atoms with Gasteiger partial charge in [-0.25, -0.2) is 0 Å². The number of hydrogen-bond acceptors (Lipinski definition) is 7. The molecule has 188 valence electrons. The highest BCUT2D eigenvalue weighted by Crippen LogP contribution is 2.42. The topological polar surface area (TPSA) is 94.5 Å². The zero-order valence-electron chi connectivity index (χ0n) is 20.9. The largest absolute Gasteiger partial charge is 0.507 e. The molecule has 2 aromatic carbocycles. The molecule has 0 bridgehead atoms. The third-order valence-electron chi connectivity index (χ3n) is 6.00. The number of hydrogen-bond donors (Lipinski definition) is 1. The van der Waals surface area contributed by atoms with Crippen LogP contribution in [0.15, 0.2) is 42.0 Å². The van der Waals surface area contributed by atoms with Crippen molar-refractivity contribution in [2.24, 2.45) is 0 Å². The van der Waals surface area contributed by atoms with Crippen LogP contribution < -0.4 is 14.2 Å². The number of aryl methyl sites for hydroxylation is 1. The number of nitrogens with zero attached hydrogens (tertiary/aromatic N) is 1. The van der Waals surface area contributed by atoms with Crippen molar-refractivity contribution in [2.75, 3.05) is 41.1 Å². The van der Waals surface area contributed by atoms with Gasteiger partial charge in [0.05, 0.1) is 39.0 Å². The lowest BCUT2D eigenvalue weighted by Crippen LogP contribution is -2.32.